The lowest BCUT2D eigenvalue weighted by Crippen LogP contribution is -2.46. The number of rotatable bonds is 5. The molecular weight excluding hydrogens is 198 g/mol. The molecule has 0 aliphatic heterocycles. The van der Waals surface area contributed by atoms with Crippen molar-refractivity contribution in [3.8, 4) is 0 Å². The molecule has 0 saturated heterocycles. The van der Waals surface area contributed by atoms with E-state index >= 15 is 0 Å². The van der Waals surface area contributed by atoms with Crippen LogP contribution in [0.15, 0.2) is 23.8 Å². The van der Waals surface area contributed by atoms with Crippen molar-refractivity contribution in [2.75, 3.05) is 0 Å². The van der Waals surface area contributed by atoms with Crippen LogP contribution in [-0.4, -0.2) is 34.7 Å². The van der Waals surface area contributed by atoms with E-state index in [4.69, 9.17) is 5.11 Å². The van der Waals surface area contributed by atoms with E-state index in [1.54, 1.807) is 12.2 Å². The van der Waals surface area contributed by atoms with Crippen molar-refractivity contribution in [3.63, 3.8) is 0 Å². The van der Waals surface area contributed by atoms with Gasteiger partial charge in [0.2, 0.25) is 6.41 Å². The number of nitrogens with one attached hydrogen (secondary N) is 1. The standard InChI is InChI=1S/C10H13NO4/c12-6-11-8(10(14)15)9(13)7-4-2-1-3-5-7/h2,4-6,8-9,13H,1,3H2,(H,11,12)(H,14,15). The van der Waals surface area contributed by atoms with Gasteiger partial charge in [-0.05, 0) is 18.4 Å². The Bertz CT molecular complexity index is 309. The first-order chi connectivity index (χ1) is 7.16. The Morgan fingerprint density at radius 1 is 1.53 bits per heavy atom. The predicted octanol–water partition coefficient (Wildman–Crippen LogP) is -0.177. The summed E-state index contributed by atoms with van der Waals surface area (Å²) in [6.07, 6.45) is 6.03. The minimum absolute atomic E-state index is 0.273. The molecule has 0 fully saturated rings. The van der Waals surface area contributed by atoms with E-state index in [1.807, 2.05) is 6.08 Å². The molecule has 15 heavy (non-hydrogen) atoms. The molecule has 82 valence electrons. The van der Waals surface area contributed by atoms with Gasteiger partial charge >= 0.3 is 5.97 Å². The lowest BCUT2D eigenvalue weighted by molar-refractivity contribution is -0.143. The topological polar surface area (TPSA) is 86.6 Å². The minimum atomic E-state index is -1.29. The van der Waals surface area contributed by atoms with Crippen LogP contribution in [0.5, 0.6) is 0 Å². The summed E-state index contributed by atoms with van der Waals surface area (Å²) < 4.78 is 0. The van der Waals surface area contributed by atoms with Gasteiger partial charge in [-0.3, -0.25) is 4.79 Å². The summed E-state index contributed by atoms with van der Waals surface area (Å²) in [6, 6.07) is -1.29. The third-order valence-electron chi connectivity index (χ3n) is 2.19. The number of carboxylic acids is 1. The van der Waals surface area contributed by atoms with Crippen LogP contribution in [0.1, 0.15) is 12.8 Å². The molecule has 1 aliphatic carbocycles. The maximum Gasteiger partial charge on any atom is 0.329 e. The summed E-state index contributed by atoms with van der Waals surface area (Å²) in [5.41, 5.74) is 0.531. The molecule has 1 amide bonds. The van der Waals surface area contributed by atoms with Gasteiger partial charge in [-0.1, -0.05) is 18.2 Å². The van der Waals surface area contributed by atoms with Crippen LogP contribution in [0.3, 0.4) is 0 Å². The predicted molar refractivity (Wildman–Crippen MR) is 53.1 cm³/mol. The van der Waals surface area contributed by atoms with Crippen LogP contribution in [0.4, 0.5) is 0 Å². The van der Waals surface area contributed by atoms with Crippen molar-refractivity contribution in [2.45, 2.75) is 25.0 Å². The van der Waals surface area contributed by atoms with Crippen LogP contribution in [0.25, 0.3) is 0 Å². The highest BCUT2D eigenvalue weighted by atomic mass is 16.4. The molecular formula is C10H13NO4. The molecule has 0 saturated carbocycles. The maximum atomic E-state index is 10.7. The highest BCUT2D eigenvalue weighted by Crippen LogP contribution is 2.15. The summed E-state index contributed by atoms with van der Waals surface area (Å²) in [5.74, 6) is -1.26. The van der Waals surface area contributed by atoms with Crippen LogP contribution in [0, 0.1) is 0 Å². The zero-order valence-electron chi connectivity index (χ0n) is 8.09. The number of carbonyl (C=O) groups excluding carboxylic acids is 1. The third-order valence-corrected chi connectivity index (χ3v) is 2.19. The monoisotopic (exact) mass is 211 g/mol. The Hall–Kier alpha value is -1.62. The number of aliphatic carboxylic acids is 1. The van der Waals surface area contributed by atoms with Crippen molar-refractivity contribution in [3.05, 3.63) is 23.8 Å². The second kappa shape index (κ2) is 5.31. The van der Waals surface area contributed by atoms with Crippen LogP contribution in [-0.2, 0) is 9.59 Å². The fourth-order valence-corrected chi connectivity index (χ4v) is 1.42. The van der Waals surface area contributed by atoms with Crippen molar-refractivity contribution in [1.29, 1.82) is 0 Å². The Labute approximate surface area is 87.1 Å². The molecule has 0 spiro atoms. The summed E-state index contributed by atoms with van der Waals surface area (Å²) in [7, 11) is 0. The average molecular weight is 211 g/mol. The smallest absolute Gasteiger partial charge is 0.329 e. The molecule has 1 aliphatic rings. The summed E-state index contributed by atoms with van der Waals surface area (Å²) in [5, 5.41) is 20.6. The first-order valence-electron chi connectivity index (χ1n) is 4.64. The van der Waals surface area contributed by atoms with Crippen molar-refractivity contribution in [1.82, 2.24) is 5.32 Å². The van der Waals surface area contributed by atoms with E-state index in [0.29, 0.717) is 5.57 Å². The molecule has 0 bridgehead atoms. The molecule has 2 atom stereocenters. The number of hydrogen-bond donors (Lipinski definition) is 3. The van der Waals surface area contributed by atoms with Gasteiger partial charge in [-0.15, -0.1) is 0 Å². The molecule has 2 unspecified atom stereocenters. The van der Waals surface area contributed by atoms with Gasteiger partial charge in [0.1, 0.15) is 6.10 Å². The number of allylic oxidation sites excluding steroid dienone is 2. The number of carboxylic acid groups (broad SMARTS) is 1. The van der Waals surface area contributed by atoms with Gasteiger partial charge in [-0.25, -0.2) is 4.79 Å². The fraction of sp³-hybridized carbons (Fsp3) is 0.400. The van der Waals surface area contributed by atoms with Gasteiger partial charge in [0.15, 0.2) is 6.04 Å². The second-order valence-electron chi connectivity index (χ2n) is 3.23. The van der Waals surface area contributed by atoms with E-state index in [9.17, 15) is 14.7 Å². The number of carbonyl (C=O) groups is 2. The first kappa shape index (κ1) is 11.5. The van der Waals surface area contributed by atoms with E-state index in [0.717, 1.165) is 12.8 Å². The van der Waals surface area contributed by atoms with Crippen LogP contribution < -0.4 is 5.32 Å². The zero-order valence-corrected chi connectivity index (χ0v) is 8.09. The van der Waals surface area contributed by atoms with E-state index < -0.39 is 18.1 Å². The SMILES string of the molecule is O=CNC(C(=O)O)C(O)C1=CCCC=C1. The lowest BCUT2D eigenvalue weighted by atomic mass is 9.97. The number of hydrogen-bond acceptors (Lipinski definition) is 3. The molecule has 0 aromatic carbocycles. The van der Waals surface area contributed by atoms with Crippen LogP contribution in [0.2, 0.25) is 0 Å². The fourth-order valence-electron chi connectivity index (χ4n) is 1.42. The molecule has 3 N–H and O–H groups in total. The summed E-state index contributed by atoms with van der Waals surface area (Å²) in [6.45, 7) is 0. The van der Waals surface area contributed by atoms with E-state index in [1.165, 1.54) is 0 Å². The number of aliphatic hydroxyl groups excluding tert-OH is 1. The first-order valence-corrected chi connectivity index (χ1v) is 4.64. The van der Waals surface area contributed by atoms with Crippen molar-refractivity contribution >= 4 is 12.4 Å². The molecule has 0 aromatic heterocycles. The van der Waals surface area contributed by atoms with Crippen molar-refractivity contribution in [2.24, 2.45) is 0 Å². The zero-order chi connectivity index (χ0) is 11.3. The van der Waals surface area contributed by atoms with Gasteiger partial charge in [-0.2, -0.15) is 0 Å². The molecule has 0 heterocycles. The highest BCUT2D eigenvalue weighted by Gasteiger charge is 2.27. The molecule has 0 aromatic rings. The average Bonchev–Trinajstić information content (AvgIpc) is 2.26. The minimum Gasteiger partial charge on any atom is -0.480 e. The van der Waals surface area contributed by atoms with Gasteiger partial charge in [0.25, 0.3) is 0 Å². The molecule has 5 nitrogen and oxygen atoms in total. The quantitative estimate of drug-likeness (QED) is 0.551. The Balaban J connectivity index is 2.74. The maximum absolute atomic E-state index is 10.7. The Morgan fingerprint density at radius 3 is 2.73 bits per heavy atom. The van der Waals surface area contributed by atoms with Gasteiger partial charge in [0, 0.05) is 0 Å². The third kappa shape index (κ3) is 2.92. The van der Waals surface area contributed by atoms with Gasteiger partial charge in [0.05, 0.1) is 0 Å². The Kier molecular flexibility index (Phi) is 4.05. The van der Waals surface area contributed by atoms with Crippen molar-refractivity contribution < 1.29 is 19.8 Å². The second-order valence-corrected chi connectivity index (χ2v) is 3.23. The molecule has 1 rings (SSSR count). The summed E-state index contributed by atoms with van der Waals surface area (Å²) in [4.78, 5) is 20.9. The highest BCUT2D eigenvalue weighted by molar-refractivity contribution is 5.77. The summed E-state index contributed by atoms with van der Waals surface area (Å²) >= 11 is 0. The van der Waals surface area contributed by atoms with Crippen LogP contribution >= 0.6 is 0 Å². The van der Waals surface area contributed by atoms with E-state index in [-0.39, 0.29) is 6.41 Å². The largest absolute Gasteiger partial charge is 0.480 e. The lowest BCUT2D eigenvalue weighted by Gasteiger charge is -2.20. The van der Waals surface area contributed by atoms with Gasteiger partial charge < -0.3 is 15.5 Å². The number of amides is 1. The normalized spacial score (nSPS) is 18.9. The molecule has 5 heteroatoms. The van der Waals surface area contributed by atoms with E-state index in [2.05, 4.69) is 5.32 Å². The molecule has 0 radical (unpaired) electrons. The number of aliphatic hydroxyl groups is 1. The Morgan fingerprint density at radius 2 is 2.27 bits per heavy atom.